The van der Waals surface area contributed by atoms with E-state index in [9.17, 15) is 9.59 Å². The van der Waals surface area contributed by atoms with Crippen LogP contribution in [0.1, 0.15) is 39.1 Å². The van der Waals surface area contributed by atoms with Crippen molar-refractivity contribution in [3.63, 3.8) is 0 Å². The highest BCUT2D eigenvalue weighted by Gasteiger charge is 2.25. The minimum absolute atomic E-state index is 0.0338. The van der Waals surface area contributed by atoms with Crippen molar-refractivity contribution in [1.82, 2.24) is 14.8 Å². The molecule has 1 fully saturated rings. The Morgan fingerprint density at radius 1 is 0.897 bits per heavy atom. The molecule has 1 N–H and O–H groups in total. The molecule has 0 aliphatic carbocycles. The van der Waals surface area contributed by atoms with Crippen molar-refractivity contribution in [3.8, 4) is 5.69 Å². The second kappa shape index (κ2) is 8.35. The number of amides is 2. The monoisotopic (exact) mass is 387 g/mol. The molecule has 2 heterocycles. The molecule has 0 saturated carbocycles. The molecular formula is C24H25N3O2. The molecular weight excluding hydrogens is 362 g/mol. The summed E-state index contributed by atoms with van der Waals surface area (Å²) in [6.45, 7) is 3.24. The highest BCUT2D eigenvalue weighted by molar-refractivity contribution is 5.96. The van der Waals surface area contributed by atoms with Gasteiger partial charge in [-0.1, -0.05) is 18.2 Å². The van der Waals surface area contributed by atoms with Gasteiger partial charge in [0.05, 0.1) is 0 Å². The van der Waals surface area contributed by atoms with Gasteiger partial charge in [0, 0.05) is 48.3 Å². The highest BCUT2D eigenvalue weighted by Crippen LogP contribution is 2.17. The van der Waals surface area contributed by atoms with Crippen LogP contribution in [0.3, 0.4) is 0 Å². The number of nitrogens with zero attached hydrogens (tertiary/aromatic N) is 2. The Bertz CT molecular complexity index is 985. The minimum Gasteiger partial charge on any atom is -0.349 e. The number of carbonyl (C=O) groups is 2. The molecule has 1 aliphatic rings. The van der Waals surface area contributed by atoms with Crippen LogP contribution in [-0.2, 0) is 0 Å². The van der Waals surface area contributed by atoms with Crippen molar-refractivity contribution in [3.05, 3.63) is 89.7 Å². The number of likely N-dealkylation sites (tertiary alicyclic amines) is 1. The van der Waals surface area contributed by atoms with Crippen LogP contribution >= 0.6 is 0 Å². The van der Waals surface area contributed by atoms with Gasteiger partial charge in [0.1, 0.15) is 0 Å². The fraction of sp³-hybridized carbons (Fsp3) is 0.250. The summed E-state index contributed by atoms with van der Waals surface area (Å²) in [5, 5.41) is 3.12. The maximum Gasteiger partial charge on any atom is 0.253 e. The summed E-state index contributed by atoms with van der Waals surface area (Å²) in [5.74, 6) is 0.0150. The molecule has 148 valence electrons. The Morgan fingerprint density at radius 3 is 2.21 bits per heavy atom. The summed E-state index contributed by atoms with van der Waals surface area (Å²) in [5.41, 5.74) is 3.42. The topological polar surface area (TPSA) is 54.3 Å². The number of carbonyl (C=O) groups excluding carboxylic acids is 2. The van der Waals surface area contributed by atoms with E-state index in [4.69, 9.17) is 0 Å². The van der Waals surface area contributed by atoms with E-state index in [0.29, 0.717) is 24.2 Å². The Morgan fingerprint density at radius 2 is 1.55 bits per heavy atom. The van der Waals surface area contributed by atoms with E-state index in [1.165, 1.54) is 0 Å². The van der Waals surface area contributed by atoms with E-state index in [1.807, 2.05) is 89.4 Å². The molecule has 29 heavy (non-hydrogen) atoms. The normalized spacial score (nSPS) is 14.6. The number of rotatable bonds is 4. The van der Waals surface area contributed by atoms with Crippen molar-refractivity contribution in [2.75, 3.05) is 13.1 Å². The number of piperidine rings is 1. The number of aromatic nitrogens is 1. The standard InChI is InChI=1S/C24H25N3O2/c1-18-6-2-3-7-22(18)23(28)25-20-12-16-27(17-13-20)24(29)19-8-10-21(11-9-19)26-14-4-5-15-26/h2-11,14-15,20H,12-13,16-17H2,1H3,(H,25,28). The average Bonchev–Trinajstić information content (AvgIpc) is 3.29. The molecule has 2 amide bonds. The summed E-state index contributed by atoms with van der Waals surface area (Å²) in [4.78, 5) is 27.2. The molecule has 4 rings (SSSR count). The molecule has 0 atom stereocenters. The molecule has 5 nitrogen and oxygen atoms in total. The van der Waals surface area contributed by atoms with Crippen molar-refractivity contribution in [2.24, 2.45) is 0 Å². The molecule has 2 aromatic carbocycles. The van der Waals surface area contributed by atoms with Gasteiger partial charge in [-0.15, -0.1) is 0 Å². The van der Waals surface area contributed by atoms with Gasteiger partial charge in [0.25, 0.3) is 11.8 Å². The second-order valence-electron chi connectivity index (χ2n) is 7.49. The molecule has 1 saturated heterocycles. The Hall–Kier alpha value is -3.34. The van der Waals surface area contributed by atoms with E-state index >= 15 is 0 Å². The third-order valence-electron chi connectivity index (χ3n) is 5.52. The van der Waals surface area contributed by atoms with Crippen LogP contribution in [0, 0.1) is 6.92 Å². The number of aryl methyl sites for hydroxylation is 1. The zero-order valence-corrected chi connectivity index (χ0v) is 16.5. The first-order valence-electron chi connectivity index (χ1n) is 10.0. The summed E-state index contributed by atoms with van der Waals surface area (Å²) in [6, 6.07) is 19.3. The summed E-state index contributed by atoms with van der Waals surface area (Å²) >= 11 is 0. The first-order valence-corrected chi connectivity index (χ1v) is 10.0. The first-order chi connectivity index (χ1) is 14.1. The van der Waals surface area contributed by atoms with E-state index < -0.39 is 0 Å². The smallest absolute Gasteiger partial charge is 0.253 e. The van der Waals surface area contributed by atoms with Gasteiger partial charge in [-0.3, -0.25) is 9.59 Å². The Balaban J connectivity index is 1.33. The van der Waals surface area contributed by atoms with Crippen molar-refractivity contribution in [2.45, 2.75) is 25.8 Å². The van der Waals surface area contributed by atoms with Crippen LogP contribution in [0.15, 0.2) is 73.1 Å². The van der Waals surface area contributed by atoms with Gasteiger partial charge < -0.3 is 14.8 Å². The van der Waals surface area contributed by atoms with E-state index in [0.717, 1.165) is 24.1 Å². The van der Waals surface area contributed by atoms with E-state index in [2.05, 4.69) is 5.32 Å². The maximum absolute atomic E-state index is 12.8. The highest BCUT2D eigenvalue weighted by atomic mass is 16.2. The lowest BCUT2D eigenvalue weighted by Crippen LogP contribution is -2.46. The second-order valence-corrected chi connectivity index (χ2v) is 7.49. The molecule has 0 spiro atoms. The predicted molar refractivity (Wildman–Crippen MR) is 113 cm³/mol. The van der Waals surface area contributed by atoms with Crippen molar-refractivity contribution < 1.29 is 9.59 Å². The van der Waals surface area contributed by atoms with E-state index in [-0.39, 0.29) is 17.9 Å². The molecule has 0 unspecified atom stereocenters. The zero-order chi connectivity index (χ0) is 20.2. The summed E-state index contributed by atoms with van der Waals surface area (Å²) in [7, 11) is 0. The van der Waals surface area contributed by atoms with Gasteiger partial charge >= 0.3 is 0 Å². The Kier molecular flexibility index (Phi) is 5.47. The van der Waals surface area contributed by atoms with Crippen LogP contribution in [0.5, 0.6) is 0 Å². The molecule has 0 bridgehead atoms. The average molecular weight is 387 g/mol. The fourth-order valence-electron chi connectivity index (χ4n) is 3.78. The lowest BCUT2D eigenvalue weighted by atomic mass is 10.0. The zero-order valence-electron chi connectivity index (χ0n) is 16.5. The number of nitrogens with one attached hydrogen (secondary N) is 1. The fourth-order valence-corrected chi connectivity index (χ4v) is 3.78. The quantitative estimate of drug-likeness (QED) is 0.740. The lowest BCUT2D eigenvalue weighted by Gasteiger charge is -2.32. The molecule has 1 aromatic heterocycles. The van der Waals surface area contributed by atoms with Crippen LogP contribution in [0.25, 0.3) is 5.69 Å². The molecule has 1 aliphatic heterocycles. The largest absolute Gasteiger partial charge is 0.349 e. The Labute approximate surface area is 171 Å². The van der Waals surface area contributed by atoms with E-state index in [1.54, 1.807) is 0 Å². The molecule has 3 aromatic rings. The van der Waals surface area contributed by atoms with Gasteiger partial charge in [0.15, 0.2) is 0 Å². The van der Waals surface area contributed by atoms with Crippen LogP contribution in [0.4, 0.5) is 0 Å². The molecule has 5 heteroatoms. The van der Waals surface area contributed by atoms with Gasteiger partial charge in [-0.25, -0.2) is 0 Å². The number of benzene rings is 2. The summed E-state index contributed by atoms with van der Waals surface area (Å²) < 4.78 is 2.01. The third kappa shape index (κ3) is 4.24. The van der Waals surface area contributed by atoms with Gasteiger partial charge in [-0.05, 0) is 67.8 Å². The van der Waals surface area contributed by atoms with Crippen molar-refractivity contribution in [1.29, 1.82) is 0 Å². The van der Waals surface area contributed by atoms with Crippen LogP contribution < -0.4 is 5.32 Å². The first kappa shape index (κ1) is 19.0. The van der Waals surface area contributed by atoms with Crippen LogP contribution in [0.2, 0.25) is 0 Å². The minimum atomic E-state index is -0.0338. The molecule has 0 radical (unpaired) electrons. The maximum atomic E-state index is 12.8. The number of hydrogen-bond acceptors (Lipinski definition) is 2. The predicted octanol–water partition coefficient (Wildman–Crippen LogP) is 3.82. The summed E-state index contributed by atoms with van der Waals surface area (Å²) in [6.07, 6.45) is 5.50. The lowest BCUT2D eigenvalue weighted by molar-refractivity contribution is 0.0698. The van der Waals surface area contributed by atoms with Crippen LogP contribution in [-0.4, -0.2) is 40.4 Å². The van der Waals surface area contributed by atoms with Gasteiger partial charge in [0.2, 0.25) is 0 Å². The third-order valence-corrected chi connectivity index (χ3v) is 5.52. The van der Waals surface area contributed by atoms with Crippen molar-refractivity contribution >= 4 is 11.8 Å². The number of hydrogen-bond donors (Lipinski definition) is 1. The van der Waals surface area contributed by atoms with Gasteiger partial charge in [-0.2, -0.15) is 0 Å². The SMILES string of the molecule is Cc1ccccc1C(=O)NC1CCN(C(=O)c2ccc(-n3cccc3)cc2)CC1.